The highest BCUT2D eigenvalue weighted by molar-refractivity contribution is 9.08. The standard InChI is InChI=1S/C12H16BrNO3/c1-3-4-9(2)17-12-6-5-10(8-13)7-11(12)14(15)16/h5-7,9H,3-4,8H2,1-2H3. The number of hydrogen-bond acceptors (Lipinski definition) is 3. The second kappa shape index (κ2) is 6.59. The normalized spacial score (nSPS) is 12.2. The second-order valence-corrected chi connectivity index (χ2v) is 4.47. The van der Waals surface area contributed by atoms with Crippen molar-refractivity contribution in [3.8, 4) is 5.75 Å². The first-order chi connectivity index (χ1) is 8.08. The monoisotopic (exact) mass is 301 g/mol. The van der Waals surface area contributed by atoms with Crippen LogP contribution in [0.2, 0.25) is 0 Å². The Labute approximate surface area is 109 Å². The average molecular weight is 302 g/mol. The van der Waals surface area contributed by atoms with Gasteiger partial charge in [-0.1, -0.05) is 35.3 Å². The van der Waals surface area contributed by atoms with E-state index in [0.29, 0.717) is 11.1 Å². The third-order valence-corrected chi connectivity index (χ3v) is 3.05. The molecule has 0 radical (unpaired) electrons. The van der Waals surface area contributed by atoms with Gasteiger partial charge in [-0.25, -0.2) is 0 Å². The molecule has 0 bridgehead atoms. The summed E-state index contributed by atoms with van der Waals surface area (Å²) in [5.74, 6) is 0.348. The maximum absolute atomic E-state index is 10.9. The molecule has 0 aliphatic carbocycles. The number of rotatable bonds is 6. The summed E-state index contributed by atoms with van der Waals surface area (Å²) in [5.41, 5.74) is 0.900. The van der Waals surface area contributed by atoms with Crippen molar-refractivity contribution in [3.05, 3.63) is 33.9 Å². The van der Waals surface area contributed by atoms with Gasteiger partial charge >= 0.3 is 5.69 Å². The summed E-state index contributed by atoms with van der Waals surface area (Å²) in [5, 5.41) is 11.5. The minimum atomic E-state index is -0.403. The van der Waals surface area contributed by atoms with Gasteiger partial charge in [-0.15, -0.1) is 0 Å². The summed E-state index contributed by atoms with van der Waals surface area (Å²) in [6.45, 7) is 3.98. The topological polar surface area (TPSA) is 52.4 Å². The maximum atomic E-state index is 10.9. The van der Waals surface area contributed by atoms with Gasteiger partial charge < -0.3 is 4.74 Å². The van der Waals surface area contributed by atoms with Gasteiger partial charge in [0, 0.05) is 11.4 Å². The van der Waals surface area contributed by atoms with Gasteiger partial charge in [-0.3, -0.25) is 10.1 Å². The molecule has 0 spiro atoms. The highest BCUT2D eigenvalue weighted by atomic mass is 79.9. The zero-order valence-electron chi connectivity index (χ0n) is 9.98. The van der Waals surface area contributed by atoms with E-state index in [2.05, 4.69) is 22.9 Å². The highest BCUT2D eigenvalue weighted by Crippen LogP contribution is 2.30. The summed E-state index contributed by atoms with van der Waals surface area (Å²) < 4.78 is 5.59. The number of nitro groups is 1. The quantitative estimate of drug-likeness (QED) is 0.452. The lowest BCUT2D eigenvalue weighted by Gasteiger charge is -2.14. The van der Waals surface area contributed by atoms with E-state index in [-0.39, 0.29) is 11.8 Å². The maximum Gasteiger partial charge on any atom is 0.311 e. The molecule has 1 aromatic rings. The smallest absolute Gasteiger partial charge is 0.311 e. The second-order valence-electron chi connectivity index (χ2n) is 3.91. The van der Waals surface area contributed by atoms with Crippen molar-refractivity contribution in [2.75, 3.05) is 0 Å². The van der Waals surface area contributed by atoms with Gasteiger partial charge in [0.25, 0.3) is 0 Å². The van der Waals surface area contributed by atoms with Gasteiger partial charge in [0.15, 0.2) is 5.75 Å². The number of benzene rings is 1. The molecule has 1 aromatic carbocycles. The van der Waals surface area contributed by atoms with Crippen LogP contribution in [0.4, 0.5) is 5.69 Å². The number of nitro benzene ring substituents is 1. The zero-order chi connectivity index (χ0) is 12.8. The third-order valence-electron chi connectivity index (χ3n) is 2.40. The molecule has 5 heteroatoms. The molecule has 1 rings (SSSR count). The Bertz CT molecular complexity index is 395. The first-order valence-electron chi connectivity index (χ1n) is 5.58. The van der Waals surface area contributed by atoms with E-state index in [0.717, 1.165) is 18.4 Å². The van der Waals surface area contributed by atoms with Gasteiger partial charge in [0.1, 0.15) is 0 Å². The Balaban J connectivity index is 2.94. The van der Waals surface area contributed by atoms with Crippen molar-refractivity contribution in [3.63, 3.8) is 0 Å². The number of ether oxygens (including phenoxy) is 1. The number of nitrogens with zero attached hydrogens (tertiary/aromatic N) is 1. The molecule has 0 saturated carbocycles. The largest absolute Gasteiger partial charge is 0.484 e. The van der Waals surface area contributed by atoms with Crippen LogP contribution in [0.15, 0.2) is 18.2 Å². The Morgan fingerprint density at radius 2 is 2.24 bits per heavy atom. The molecule has 1 unspecified atom stereocenters. The van der Waals surface area contributed by atoms with Gasteiger partial charge in [-0.05, 0) is 25.0 Å². The molecule has 0 heterocycles. The molecule has 17 heavy (non-hydrogen) atoms. The SMILES string of the molecule is CCCC(C)Oc1ccc(CBr)cc1[N+](=O)[O-]. The van der Waals surface area contributed by atoms with E-state index in [1.807, 2.05) is 13.0 Å². The highest BCUT2D eigenvalue weighted by Gasteiger charge is 2.17. The van der Waals surface area contributed by atoms with Crippen LogP contribution in [-0.2, 0) is 5.33 Å². The zero-order valence-corrected chi connectivity index (χ0v) is 11.6. The first kappa shape index (κ1) is 14.0. The first-order valence-corrected chi connectivity index (χ1v) is 6.70. The Morgan fingerprint density at radius 1 is 1.53 bits per heavy atom. The fourth-order valence-corrected chi connectivity index (χ4v) is 1.92. The molecule has 0 N–H and O–H groups in total. The molecule has 0 fully saturated rings. The number of halogens is 1. The van der Waals surface area contributed by atoms with E-state index < -0.39 is 4.92 Å². The van der Waals surface area contributed by atoms with Crippen LogP contribution < -0.4 is 4.74 Å². The van der Waals surface area contributed by atoms with Gasteiger partial charge in [-0.2, -0.15) is 0 Å². The van der Waals surface area contributed by atoms with Crippen LogP contribution in [0.1, 0.15) is 32.3 Å². The van der Waals surface area contributed by atoms with Crippen LogP contribution >= 0.6 is 15.9 Å². The summed E-state index contributed by atoms with van der Waals surface area (Å²) in [6.07, 6.45) is 1.87. The summed E-state index contributed by atoms with van der Waals surface area (Å²) in [6, 6.07) is 5.04. The van der Waals surface area contributed by atoms with Crippen LogP contribution in [0.25, 0.3) is 0 Å². The Morgan fingerprint density at radius 3 is 2.76 bits per heavy atom. The molecule has 4 nitrogen and oxygen atoms in total. The van der Waals surface area contributed by atoms with Crippen molar-refractivity contribution in [2.45, 2.75) is 38.1 Å². The fraction of sp³-hybridized carbons (Fsp3) is 0.500. The lowest BCUT2D eigenvalue weighted by Crippen LogP contribution is -2.12. The Hall–Kier alpha value is -1.10. The van der Waals surface area contributed by atoms with Crippen molar-refractivity contribution in [2.24, 2.45) is 0 Å². The predicted molar refractivity (Wildman–Crippen MR) is 70.7 cm³/mol. The molecular formula is C12H16BrNO3. The minimum absolute atomic E-state index is 0.00600. The van der Waals surface area contributed by atoms with Crippen LogP contribution in [0.3, 0.4) is 0 Å². The molecule has 1 atom stereocenters. The number of alkyl halides is 1. The molecule has 0 amide bonds. The lowest BCUT2D eigenvalue weighted by atomic mass is 10.2. The van der Waals surface area contributed by atoms with Crippen molar-refractivity contribution < 1.29 is 9.66 Å². The van der Waals surface area contributed by atoms with Crippen LogP contribution in [-0.4, -0.2) is 11.0 Å². The fourth-order valence-electron chi connectivity index (χ4n) is 1.57. The summed E-state index contributed by atoms with van der Waals surface area (Å²) in [4.78, 5) is 10.5. The third kappa shape index (κ3) is 4.00. The van der Waals surface area contributed by atoms with E-state index in [1.54, 1.807) is 12.1 Å². The van der Waals surface area contributed by atoms with Crippen LogP contribution in [0, 0.1) is 10.1 Å². The Kier molecular flexibility index (Phi) is 5.41. The molecule has 0 aromatic heterocycles. The number of hydrogen-bond donors (Lipinski definition) is 0. The van der Waals surface area contributed by atoms with Crippen molar-refractivity contribution >= 4 is 21.6 Å². The molecule has 94 valence electrons. The summed E-state index contributed by atoms with van der Waals surface area (Å²) >= 11 is 3.28. The molecule has 0 aliphatic heterocycles. The van der Waals surface area contributed by atoms with Crippen molar-refractivity contribution in [1.82, 2.24) is 0 Å². The molecular weight excluding hydrogens is 286 g/mol. The van der Waals surface area contributed by atoms with Crippen LogP contribution in [0.5, 0.6) is 5.75 Å². The molecule has 0 saturated heterocycles. The minimum Gasteiger partial charge on any atom is -0.484 e. The van der Waals surface area contributed by atoms with E-state index in [1.165, 1.54) is 0 Å². The van der Waals surface area contributed by atoms with Gasteiger partial charge in [0.2, 0.25) is 0 Å². The summed E-state index contributed by atoms with van der Waals surface area (Å²) in [7, 11) is 0. The van der Waals surface area contributed by atoms with E-state index >= 15 is 0 Å². The average Bonchev–Trinajstić information content (AvgIpc) is 2.29. The van der Waals surface area contributed by atoms with Crippen molar-refractivity contribution in [1.29, 1.82) is 0 Å². The van der Waals surface area contributed by atoms with E-state index in [9.17, 15) is 10.1 Å². The van der Waals surface area contributed by atoms with E-state index in [4.69, 9.17) is 4.74 Å². The predicted octanol–water partition coefficient (Wildman–Crippen LogP) is 4.06. The van der Waals surface area contributed by atoms with Gasteiger partial charge in [0.05, 0.1) is 11.0 Å². The lowest BCUT2D eigenvalue weighted by molar-refractivity contribution is -0.386. The molecule has 0 aliphatic rings.